The minimum absolute atomic E-state index is 0.00530. The molecule has 5 heteroatoms. The molecule has 0 aromatic heterocycles. The third kappa shape index (κ3) is 3.59. The average Bonchev–Trinajstić information content (AvgIpc) is 2.40. The molecule has 1 fully saturated rings. The second kappa shape index (κ2) is 6.38. The second-order valence-electron chi connectivity index (χ2n) is 4.35. The number of hydrogen-bond donors (Lipinski definition) is 2. The van der Waals surface area contributed by atoms with E-state index in [1.807, 2.05) is 36.5 Å². The fraction of sp³-hybridized carbons (Fsp3) is 0.462. The van der Waals surface area contributed by atoms with Gasteiger partial charge in [0.1, 0.15) is 0 Å². The lowest BCUT2D eigenvalue weighted by Gasteiger charge is -2.21. The molecule has 1 aliphatic rings. The van der Waals surface area contributed by atoms with Crippen molar-refractivity contribution in [2.45, 2.75) is 12.2 Å². The van der Waals surface area contributed by atoms with Gasteiger partial charge >= 0.3 is 0 Å². The molecule has 18 heavy (non-hydrogen) atoms. The maximum absolute atomic E-state index is 12.0. The van der Waals surface area contributed by atoms with Crippen LogP contribution < -0.4 is 11.1 Å². The van der Waals surface area contributed by atoms with Crippen molar-refractivity contribution in [1.29, 1.82) is 0 Å². The van der Waals surface area contributed by atoms with Gasteiger partial charge in [0.25, 0.3) is 5.91 Å². The molecular formula is C13H18N2OS2. The van der Waals surface area contributed by atoms with Gasteiger partial charge in [0.2, 0.25) is 0 Å². The maximum atomic E-state index is 12.0. The topological polar surface area (TPSA) is 55.1 Å². The van der Waals surface area contributed by atoms with Crippen molar-refractivity contribution in [3.63, 3.8) is 0 Å². The number of nitrogen functional groups attached to an aromatic ring is 1. The molecule has 1 saturated heterocycles. The Morgan fingerprint density at radius 3 is 3.00 bits per heavy atom. The summed E-state index contributed by atoms with van der Waals surface area (Å²) in [5.74, 6) is 3.54. The van der Waals surface area contributed by atoms with Crippen LogP contribution in [0.2, 0.25) is 0 Å². The van der Waals surface area contributed by atoms with E-state index < -0.39 is 0 Å². The minimum atomic E-state index is -0.00530. The molecule has 1 unspecified atom stereocenters. The molecule has 3 N–H and O–H groups in total. The molecule has 0 radical (unpaired) electrons. The molecule has 0 aliphatic carbocycles. The molecule has 1 heterocycles. The van der Waals surface area contributed by atoms with E-state index in [4.69, 9.17) is 5.73 Å². The van der Waals surface area contributed by atoms with Crippen LogP contribution in [-0.4, -0.2) is 35.0 Å². The first-order valence-electron chi connectivity index (χ1n) is 6.00. The number of nitrogens with one attached hydrogen (secondary N) is 1. The van der Waals surface area contributed by atoms with Crippen molar-refractivity contribution in [3.05, 3.63) is 29.3 Å². The van der Waals surface area contributed by atoms with Gasteiger partial charge in [0.15, 0.2) is 0 Å². The van der Waals surface area contributed by atoms with Gasteiger partial charge in [-0.15, -0.1) is 0 Å². The van der Waals surface area contributed by atoms with Gasteiger partial charge in [-0.25, -0.2) is 0 Å². The van der Waals surface area contributed by atoms with Crippen LogP contribution in [0.1, 0.15) is 15.9 Å². The highest BCUT2D eigenvalue weighted by molar-refractivity contribution is 8.06. The Morgan fingerprint density at radius 2 is 2.33 bits per heavy atom. The second-order valence-corrected chi connectivity index (χ2v) is 6.91. The zero-order chi connectivity index (χ0) is 13.0. The molecule has 0 spiro atoms. The van der Waals surface area contributed by atoms with Crippen molar-refractivity contribution >= 4 is 35.1 Å². The summed E-state index contributed by atoms with van der Waals surface area (Å²) in [5.41, 5.74) is 8.11. The van der Waals surface area contributed by atoms with Crippen LogP contribution in [0.4, 0.5) is 5.69 Å². The third-order valence-electron chi connectivity index (χ3n) is 2.91. The molecule has 1 atom stereocenters. The van der Waals surface area contributed by atoms with E-state index in [0.717, 1.165) is 23.5 Å². The lowest BCUT2D eigenvalue weighted by atomic mass is 10.1. The molecule has 0 bridgehead atoms. The van der Waals surface area contributed by atoms with Crippen LogP contribution in [0.3, 0.4) is 0 Å². The van der Waals surface area contributed by atoms with E-state index in [1.165, 1.54) is 11.5 Å². The summed E-state index contributed by atoms with van der Waals surface area (Å²) in [6.07, 6.45) is 0. The van der Waals surface area contributed by atoms with E-state index in [1.54, 1.807) is 12.1 Å². The van der Waals surface area contributed by atoms with Crippen LogP contribution in [0, 0.1) is 6.92 Å². The summed E-state index contributed by atoms with van der Waals surface area (Å²) < 4.78 is 0. The minimum Gasteiger partial charge on any atom is -0.399 e. The Labute approximate surface area is 116 Å². The van der Waals surface area contributed by atoms with E-state index in [-0.39, 0.29) is 5.91 Å². The molecule has 1 aliphatic heterocycles. The first kappa shape index (κ1) is 13.6. The average molecular weight is 282 g/mol. The molecule has 1 amide bonds. The summed E-state index contributed by atoms with van der Waals surface area (Å²) in [7, 11) is 0. The Kier molecular flexibility index (Phi) is 4.83. The van der Waals surface area contributed by atoms with Crippen molar-refractivity contribution in [2.75, 3.05) is 29.5 Å². The smallest absolute Gasteiger partial charge is 0.251 e. The number of amides is 1. The standard InChI is InChI=1S/C13H18N2OS2/c1-9-6-10(2-3-12(9)14)13(16)15-7-11-8-17-4-5-18-11/h2-3,6,11H,4-5,7-8,14H2,1H3,(H,15,16). The number of rotatable bonds is 3. The highest BCUT2D eigenvalue weighted by Crippen LogP contribution is 2.23. The Morgan fingerprint density at radius 1 is 1.50 bits per heavy atom. The number of hydrogen-bond acceptors (Lipinski definition) is 4. The lowest BCUT2D eigenvalue weighted by Crippen LogP contribution is -2.33. The number of anilines is 1. The zero-order valence-corrected chi connectivity index (χ0v) is 12.1. The normalized spacial score (nSPS) is 19.5. The van der Waals surface area contributed by atoms with Gasteiger partial charge in [-0.1, -0.05) is 0 Å². The largest absolute Gasteiger partial charge is 0.399 e. The highest BCUT2D eigenvalue weighted by Gasteiger charge is 2.15. The van der Waals surface area contributed by atoms with E-state index >= 15 is 0 Å². The summed E-state index contributed by atoms with van der Waals surface area (Å²) in [5, 5.41) is 3.55. The van der Waals surface area contributed by atoms with Gasteiger partial charge < -0.3 is 11.1 Å². The fourth-order valence-electron chi connectivity index (χ4n) is 1.78. The molecule has 1 aromatic rings. The van der Waals surface area contributed by atoms with Crippen molar-refractivity contribution < 1.29 is 4.79 Å². The fourth-order valence-corrected chi connectivity index (χ4v) is 4.39. The van der Waals surface area contributed by atoms with Crippen LogP contribution in [0.25, 0.3) is 0 Å². The van der Waals surface area contributed by atoms with E-state index in [2.05, 4.69) is 5.32 Å². The number of thioether (sulfide) groups is 2. The Balaban J connectivity index is 1.88. The molecule has 0 saturated carbocycles. The zero-order valence-electron chi connectivity index (χ0n) is 10.4. The summed E-state index contributed by atoms with van der Waals surface area (Å²) in [6.45, 7) is 2.67. The van der Waals surface area contributed by atoms with Crippen LogP contribution >= 0.6 is 23.5 Å². The van der Waals surface area contributed by atoms with Gasteiger partial charge in [-0.05, 0) is 30.7 Å². The number of benzene rings is 1. The number of nitrogens with two attached hydrogens (primary N) is 1. The van der Waals surface area contributed by atoms with Gasteiger partial charge in [0.05, 0.1) is 0 Å². The number of aryl methyl sites for hydroxylation is 1. The third-order valence-corrected chi connectivity index (χ3v) is 5.75. The van der Waals surface area contributed by atoms with Crippen molar-refractivity contribution in [1.82, 2.24) is 5.32 Å². The van der Waals surface area contributed by atoms with Crippen LogP contribution in [-0.2, 0) is 0 Å². The van der Waals surface area contributed by atoms with Crippen molar-refractivity contribution in [2.24, 2.45) is 0 Å². The first-order valence-corrected chi connectivity index (χ1v) is 8.21. The lowest BCUT2D eigenvalue weighted by molar-refractivity contribution is 0.0954. The number of carbonyl (C=O) groups is 1. The molecule has 1 aromatic carbocycles. The highest BCUT2D eigenvalue weighted by atomic mass is 32.2. The Hall–Kier alpha value is -0.810. The van der Waals surface area contributed by atoms with Crippen LogP contribution in [0.5, 0.6) is 0 Å². The van der Waals surface area contributed by atoms with E-state index in [0.29, 0.717) is 10.8 Å². The summed E-state index contributed by atoms with van der Waals surface area (Å²) >= 11 is 3.92. The molecule has 98 valence electrons. The van der Waals surface area contributed by atoms with Gasteiger partial charge in [-0.3, -0.25) is 4.79 Å². The summed E-state index contributed by atoms with van der Waals surface area (Å²) in [4.78, 5) is 12.0. The predicted molar refractivity (Wildman–Crippen MR) is 81.5 cm³/mol. The van der Waals surface area contributed by atoms with Gasteiger partial charge in [-0.2, -0.15) is 23.5 Å². The monoisotopic (exact) mass is 282 g/mol. The molecule has 3 nitrogen and oxygen atoms in total. The van der Waals surface area contributed by atoms with Crippen molar-refractivity contribution in [3.8, 4) is 0 Å². The summed E-state index contributed by atoms with van der Waals surface area (Å²) in [6, 6.07) is 5.41. The number of carbonyl (C=O) groups excluding carboxylic acids is 1. The predicted octanol–water partition coefficient (Wildman–Crippen LogP) is 2.16. The Bertz CT molecular complexity index is 431. The molecule has 2 rings (SSSR count). The van der Waals surface area contributed by atoms with Gasteiger partial charge in [0, 0.05) is 40.3 Å². The van der Waals surface area contributed by atoms with E-state index in [9.17, 15) is 4.79 Å². The van der Waals surface area contributed by atoms with Crippen LogP contribution in [0.15, 0.2) is 18.2 Å². The molecular weight excluding hydrogens is 264 g/mol. The first-order chi connectivity index (χ1) is 8.66. The quantitative estimate of drug-likeness (QED) is 0.834. The maximum Gasteiger partial charge on any atom is 0.251 e. The SMILES string of the molecule is Cc1cc(C(=O)NCC2CSCCS2)ccc1N.